The summed E-state index contributed by atoms with van der Waals surface area (Å²) < 4.78 is 0. The quantitative estimate of drug-likeness (QED) is 0.490. The zero-order chi connectivity index (χ0) is 15.5. The van der Waals surface area contributed by atoms with E-state index in [1.807, 2.05) is 18.3 Å². The topological polar surface area (TPSA) is 37.8 Å². The Bertz CT molecular complexity index is 932. The van der Waals surface area contributed by atoms with Gasteiger partial charge in [-0.3, -0.25) is 4.98 Å². The fraction of sp³-hybridized carbons (Fsp3) is 0.0526. The molecule has 0 fully saturated rings. The number of pyridine rings is 1. The number of benzene rings is 2. The minimum Gasteiger partial charge on any atom is -0.357 e. The Hall–Kier alpha value is -2.24. The predicted octanol–water partition coefficient (Wildman–Crippen LogP) is 5.55. The molecule has 0 saturated heterocycles. The summed E-state index contributed by atoms with van der Waals surface area (Å²) in [6.45, 7) is 0.765. The molecule has 4 rings (SSSR count). The first-order valence-electron chi connectivity index (χ1n) is 7.46. The highest BCUT2D eigenvalue weighted by Gasteiger charge is 2.05. The molecule has 0 aliphatic heterocycles. The molecule has 0 radical (unpaired) electrons. The highest BCUT2D eigenvalue weighted by molar-refractivity contribution is 8.93. The summed E-state index contributed by atoms with van der Waals surface area (Å²) in [5, 5.41) is 8.97. The van der Waals surface area contributed by atoms with Crippen molar-refractivity contribution in [3.8, 4) is 11.3 Å². The molecule has 2 aromatic heterocycles. The van der Waals surface area contributed by atoms with Gasteiger partial charge in [0.1, 0.15) is 0 Å². The zero-order valence-electron chi connectivity index (χ0n) is 12.8. The number of hydrogen-bond acceptors (Lipinski definition) is 4. The van der Waals surface area contributed by atoms with Gasteiger partial charge in [-0.15, -0.1) is 28.3 Å². The standard InChI is InChI=1S/C19H15N3S.BrH/c1-2-9-17-14(5-1)6-3-7-15(17)12-21-19-22-18(13-23-19)16-8-4-10-20-11-16;/h1-11,13H,12H2,(H,21,22);1H. The molecular formula is C19H16BrN3S. The first-order valence-corrected chi connectivity index (χ1v) is 8.34. The van der Waals surface area contributed by atoms with E-state index in [1.165, 1.54) is 16.3 Å². The summed E-state index contributed by atoms with van der Waals surface area (Å²) in [4.78, 5) is 8.79. The smallest absolute Gasteiger partial charge is 0.183 e. The van der Waals surface area contributed by atoms with Gasteiger partial charge in [0.2, 0.25) is 0 Å². The highest BCUT2D eigenvalue weighted by Crippen LogP contribution is 2.25. The molecule has 24 heavy (non-hydrogen) atoms. The first kappa shape index (κ1) is 16.6. The van der Waals surface area contributed by atoms with Crippen LogP contribution in [0, 0.1) is 0 Å². The fourth-order valence-electron chi connectivity index (χ4n) is 2.62. The first-order chi connectivity index (χ1) is 11.4. The Kier molecular flexibility index (Phi) is 5.23. The molecule has 0 aliphatic carbocycles. The SMILES string of the molecule is Br.c1cncc(-c2csc(NCc3cccc4ccccc34)n2)c1. The molecular weight excluding hydrogens is 382 g/mol. The highest BCUT2D eigenvalue weighted by atomic mass is 79.9. The van der Waals surface area contributed by atoms with Crippen LogP contribution in [0.1, 0.15) is 5.56 Å². The minimum atomic E-state index is 0. The molecule has 0 spiro atoms. The Morgan fingerprint density at radius 1 is 0.958 bits per heavy atom. The van der Waals surface area contributed by atoms with E-state index in [0.29, 0.717) is 0 Å². The van der Waals surface area contributed by atoms with E-state index < -0.39 is 0 Å². The number of fused-ring (bicyclic) bond motifs is 1. The van der Waals surface area contributed by atoms with Crippen LogP contribution in [0.4, 0.5) is 5.13 Å². The molecule has 2 heterocycles. The van der Waals surface area contributed by atoms with Gasteiger partial charge in [0, 0.05) is 29.9 Å². The van der Waals surface area contributed by atoms with Crippen LogP contribution in [0.2, 0.25) is 0 Å². The lowest BCUT2D eigenvalue weighted by atomic mass is 10.0. The molecule has 5 heteroatoms. The van der Waals surface area contributed by atoms with Gasteiger partial charge < -0.3 is 5.32 Å². The van der Waals surface area contributed by atoms with E-state index in [4.69, 9.17) is 0 Å². The lowest BCUT2D eigenvalue weighted by Crippen LogP contribution is -1.99. The van der Waals surface area contributed by atoms with Gasteiger partial charge in [0.15, 0.2) is 5.13 Å². The van der Waals surface area contributed by atoms with Crippen LogP contribution in [-0.2, 0) is 6.54 Å². The second-order valence-electron chi connectivity index (χ2n) is 5.27. The van der Waals surface area contributed by atoms with Crippen molar-refractivity contribution < 1.29 is 0 Å². The number of aromatic nitrogens is 2. The second kappa shape index (κ2) is 7.55. The average molecular weight is 398 g/mol. The van der Waals surface area contributed by atoms with Crippen molar-refractivity contribution in [2.45, 2.75) is 6.54 Å². The van der Waals surface area contributed by atoms with E-state index in [0.717, 1.165) is 22.9 Å². The Balaban J connectivity index is 0.00000169. The summed E-state index contributed by atoms with van der Waals surface area (Å²) in [6, 6.07) is 18.8. The van der Waals surface area contributed by atoms with Gasteiger partial charge in [-0.05, 0) is 28.5 Å². The summed E-state index contributed by atoms with van der Waals surface area (Å²) in [7, 11) is 0. The molecule has 0 aliphatic rings. The summed E-state index contributed by atoms with van der Waals surface area (Å²) >= 11 is 1.62. The summed E-state index contributed by atoms with van der Waals surface area (Å²) in [6.07, 6.45) is 3.61. The van der Waals surface area contributed by atoms with Crippen LogP contribution in [-0.4, -0.2) is 9.97 Å². The molecule has 3 nitrogen and oxygen atoms in total. The van der Waals surface area contributed by atoms with Gasteiger partial charge in [0.05, 0.1) is 5.69 Å². The molecule has 0 amide bonds. The van der Waals surface area contributed by atoms with Crippen LogP contribution in [0.15, 0.2) is 72.4 Å². The van der Waals surface area contributed by atoms with Crippen molar-refractivity contribution in [3.63, 3.8) is 0 Å². The van der Waals surface area contributed by atoms with Gasteiger partial charge >= 0.3 is 0 Å². The monoisotopic (exact) mass is 397 g/mol. The van der Waals surface area contributed by atoms with Gasteiger partial charge in [-0.25, -0.2) is 4.98 Å². The number of halogens is 1. The van der Waals surface area contributed by atoms with Crippen molar-refractivity contribution in [1.82, 2.24) is 9.97 Å². The van der Waals surface area contributed by atoms with Gasteiger partial charge in [-0.1, -0.05) is 42.5 Å². The molecule has 0 saturated carbocycles. The van der Waals surface area contributed by atoms with Gasteiger partial charge in [-0.2, -0.15) is 0 Å². The predicted molar refractivity (Wildman–Crippen MR) is 107 cm³/mol. The minimum absolute atomic E-state index is 0. The number of nitrogens with zero attached hydrogens (tertiary/aromatic N) is 2. The number of anilines is 1. The third-order valence-corrected chi connectivity index (χ3v) is 4.57. The van der Waals surface area contributed by atoms with E-state index in [9.17, 15) is 0 Å². The number of rotatable bonds is 4. The van der Waals surface area contributed by atoms with Crippen molar-refractivity contribution in [2.75, 3.05) is 5.32 Å². The fourth-order valence-corrected chi connectivity index (χ4v) is 3.34. The van der Waals surface area contributed by atoms with E-state index >= 15 is 0 Å². The zero-order valence-corrected chi connectivity index (χ0v) is 15.4. The molecule has 0 unspecified atom stereocenters. The van der Waals surface area contributed by atoms with Crippen LogP contribution in [0.5, 0.6) is 0 Å². The lowest BCUT2D eigenvalue weighted by Gasteiger charge is -2.07. The van der Waals surface area contributed by atoms with Crippen molar-refractivity contribution in [2.24, 2.45) is 0 Å². The normalized spacial score (nSPS) is 10.3. The molecule has 120 valence electrons. The molecule has 0 bridgehead atoms. The van der Waals surface area contributed by atoms with Crippen molar-refractivity contribution in [1.29, 1.82) is 0 Å². The molecule has 0 atom stereocenters. The molecule has 4 aromatic rings. The Morgan fingerprint density at radius 3 is 2.71 bits per heavy atom. The molecule has 2 aromatic carbocycles. The number of nitrogens with one attached hydrogen (secondary N) is 1. The largest absolute Gasteiger partial charge is 0.357 e. The van der Waals surface area contributed by atoms with Crippen molar-refractivity contribution >= 4 is 44.2 Å². The Morgan fingerprint density at radius 2 is 1.83 bits per heavy atom. The Labute approximate surface area is 155 Å². The maximum atomic E-state index is 4.64. The molecule has 1 N–H and O–H groups in total. The van der Waals surface area contributed by atoms with Crippen molar-refractivity contribution in [3.05, 3.63) is 77.9 Å². The number of hydrogen-bond donors (Lipinski definition) is 1. The maximum Gasteiger partial charge on any atom is 0.183 e. The van der Waals surface area contributed by atoms with Crippen LogP contribution in [0.3, 0.4) is 0 Å². The van der Waals surface area contributed by atoms with Crippen LogP contribution < -0.4 is 5.32 Å². The van der Waals surface area contributed by atoms with Gasteiger partial charge in [0.25, 0.3) is 0 Å². The third-order valence-electron chi connectivity index (χ3n) is 3.77. The van der Waals surface area contributed by atoms with E-state index in [-0.39, 0.29) is 17.0 Å². The van der Waals surface area contributed by atoms with Crippen LogP contribution in [0.25, 0.3) is 22.0 Å². The summed E-state index contributed by atoms with van der Waals surface area (Å²) in [5.74, 6) is 0. The average Bonchev–Trinajstić information content (AvgIpc) is 3.10. The van der Waals surface area contributed by atoms with E-state index in [1.54, 1.807) is 17.5 Å². The van der Waals surface area contributed by atoms with Crippen LogP contribution >= 0.6 is 28.3 Å². The third kappa shape index (κ3) is 3.47. The van der Waals surface area contributed by atoms with E-state index in [2.05, 4.69) is 63.1 Å². The number of thiazole rings is 1. The maximum absolute atomic E-state index is 4.64. The second-order valence-corrected chi connectivity index (χ2v) is 6.13. The lowest BCUT2D eigenvalue weighted by molar-refractivity contribution is 1.15. The summed E-state index contributed by atoms with van der Waals surface area (Å²) in [5.41, 5.74) is 3.28.